The van der Waals surface area contributed by atoms with Crippen LogP contribution in [0, 0.1) is 0 Å². The van der Waals surface area contributed by atoms with E-state index in [2.05, 4.69) is 13.6 Å². The monoisotopic (exact) mass is 440 g/mol. The smallest absolute Gasteiger partial charge is 0.377 e. The van der Waals surface area contributed by atoms with Crippen molar-refractivity contribution < 1.29 is 56.2 Å². The molecule has 0 aromatic rings. The van der Waals surface area contributed by atoms with Crippen LogP contribution in [0.4, 0.5) is 0 Å². The van der Waals surface area contributed by atoms with E-state index in [1.165, 1.54) is 0 Å². The summed E-state index contributed by atoms with van der Waals surface area (Å²) in [7, 11) is -5.73. The topological polar surface area (TPSA) is 148 Å². The van der Waals surface area contributed by atoms with Crippen LogP contribution in [-0.2, 0) is 46.4 Å². The first-order chi connectivity index (χ1) is 13.0. The van der Waals surface area contributed by atoms with Crippen molar-refractivity contribution in [3.8, 4) is 0 Å². The molecule has 12 nitrogen and oxygen atoms in total. The zero-order valence-electron chi connectivity index (χ0n) is 15.4. The van der Waals surface area contributed by atoms with Crippen LogP contribution in [0.5, 0.6) is 0 Å². The summed E-state index contributed by atoms with van der Waals surface area (Å²) in [5.41, 5.74) is 0. The average Bonchev–Trinajstić information content (AvgIpc) is 2.63. The van der Waals surface area contributed by atoms with E-state index in [9.17, 15) is 9.13 Å². The van der Waals surface area contributed by atoms with Crippen molar-refractivity contribution in [1.29, 1.82) is 0 Å². The molecule has 0 bridgehead atoms. The summed E-state index contributed by atoms with van der Waals surface area (Å²) < 4.78 is 60.5. The van der Waals surface area contributed by atoms with E-state index in [0.717, 1.165) is 7.11 Å². The standard InChI is InChI=1S/C13H30O12P2/c1-18-27(16,17)25-13-11-23-9-7-21-5-3-19-2-4-20-6-8-22-10-12-24-26(14)15/h26H,2-13H2,1H3,(H,14,15)(H,16,17). The van der Waals surface area contributed by atoms with Gasteiger partial charge in [-0.3, -0.25) is 13.6 Å². The zero-order valence-corrected chi connectivity index (χ0v) is 17.3. The van der Waals surface area contributed by atoms with Gasteiger partial charge in [0.1, 0.15) is 0 Å². The van der Waals surface area contributed by atoms with Gasteiger partial charge in [-0.1, -0.05) is 0 Å². The van der Waals surface area contributed by atoms with Gasteiger partial charge < -0.3 is 38.0 Å². The number of phosphoric acid groups is 1. The summed E-state index contributed by atoms with van der Waals surface area (Å²) in [4.78, 5) is 17.4. The summed E-state index contributed by atoms with van der Waals surface area (Å²) in [6, 6.07) is 0. The Morgan fingerprint density at radius 1 is 0.704 bits per heavy atom. The summed E-state index contributed by atoms with van der Waals surface area (Å²) >= 11 is 0. The van der Waals surface area contributed by atoms with E-state index < -0.39 is 16.1 Å². The third-order valence-corrected chi connectivity index (χ3v) is 4.08. The number of ether oxygens (including phenoxy) is 5. The second-order valence-corrected chi connectivity index (χ2v) is 7.04. The van der Waals surface area contributed by atoms with Crippen LogP contribution < -0.4 is 0 Å². The Morgan fingerprint density at radius 3 is 1.37 bits per heavy atom. The minimum absolute atomic E-state index is 0.0477. The predicted octanol–water partition coefficient (Wildman–Crippen LogP) is 0.231. The minimum Gasteiger partial charge on any atom is -0.377 e. The van der Waals surface area contributed by atoms with Gasteiger partial charge in [0, 0.05) is 7.11 Å². The van der Waals surface area contributed by atoms with E-state index in [4.69, 9.17) is 33.5 Å². The van der Waals surface area contributed by atoms with Crippen LogP contribution in [0.1, 0.15) is 0 Å². The van der Waals surface area contributed by atoms with E-state index in [-0.39, 0.29) is 26.4 Å². The molecular weight excluding hydrogens is 410 g/mol. The fourth-order valence-electron chi connectivity index (χ4n) is 1.43. The molecule has 0 fully saturated rings. The van der Waals surface area contributed by atoms with Gasteiger partial charge in [-0.15, -0.1) is 0 Å². The zero-order chi connectivity index (χ0) is 20.2. The van der Waals surface area contributed by atoms with Gasteiger partial charge in [0.2, 0.25) is 0 Å². The molecule has 0 saturated carbocycles. The normalized spacial score (nSPS) is 14.9. The van der Waals surface area contributed by atoms with Gasteiger partial charge in [0.05, 0.1) is 79.3 Å². The van der Waals surface area contributed by atoms with Crippen LogP contribution in [0.15, 0.2) is 0 Å². The molecule has 0 heterocycles. The quantitative estimate of drug-likeness (QED) is 0.186. The SMILES string of the molecule is COP(=O)(O)OCCOCCOCCOCCOCCOCCO[PH](=O)O. The fourth-order valence-corrected chi connectivity index (χ4v) is 2.10. The molecule has 164 valence electrons. The Bertz CT molecular complexity index is 397. The molecule has 14 heteroatoms. The Morgan fingerprint density at radius 2 is 1.04 bits per heavy atom. The molecule has 0 aliphatic rings. The molecule has 0 spiro atoms. The highest BCUT2D eigenvalue weighted by molar-refractivity contribution is 7.47. The largest absolute Gasteiger partial charge is 0.471 e. The maximum Gasteiger partial charge on any atom is 0.471 e. The minimum atomic E-state index is -3.94. The Labute approximate surface area is 159 Å². The highest BCUT2D eigenvalue weighted by atomic mass is 31.2. The van der Waals surface area contributed by atoms with Gasteiger partial charge in [0.15, 0.2) is 0 Å². The van der Waals surface area contributed by atoms with Gasteiger partial charge >= 0.3 is 16.1 Å². The summed E-state index contributed by atoms with van der Waals surface area (Å²) in [5, 5.41) is 0. The maximum absolute atomic E-state index is 11.0. The first-order valence-corrected chi connectivity index (χ1v) is 11.0. The molecule has 0 radical (unpaired) electrons. The maximum atomic E-state index is 11.0. The number of hydrogen-bond acceptors (Lipinski definition) is 10. The molecule has 0 aliphatic heterocycles. The fraction of sp³-hybridized carbons (Fsp3) is 1.00. The molecule has 0 amide bonds. The highest BCUT2D eigenvalue weighted by Gasteiger charge is 2.17. The van der Waals surface area contributed by atoms with Crippen LogP contribution in [0.3, 0.4) is 0 Å². The average molecular weight is 440 g/mol. The number of rotatable bonds is 21. The van der Waals surface area contributed by atoms with Crippen LogP contribution in [0.25, 0.3) is 0 Å². The molecule has 0 aliphatic carbocycles. The van der Waals surface area contributed by atoms with E-state index in [1.807, 2.05) is 0 Å². The second-order valence-electron chi connectivity index (χ2n) is 4.66. The van der Waals surface area contributed by atoms with E-state index in [1.54, 1.807) is 0 Å². The summed E-state index contributed by atoms with van der Waals surface area (Å²) in [5.74, 6) is 0. The van der Waals surface area contributed by atoms with Crippen molar-refractivity contribution in [2.24, 2.45) is 0 Å². The Balaban J connectivity index is 3.09. The lowest BCUT2D eigenvalue weighted by molar-refractivity contribution is -0.0147. The lowest BCUT2D eigenvalue weighted by Crippen LogP contribution is -2.14. The Kier molecular flexibility index (Phi) is 19.4. The highest BCUT2D eigenvalue weighted by Crippen LogP contribution is 2.41. The van der Waals surface area contributed by atoms with Gasteiger partial charge in [-0.25, -0.2) is 4.57 Å². The van der Waals surface area contributed by atoms with Crippen molar-refractivity contribution >= 4 is 16.1 Å². The molecule has 27 heavy (non-hydrogen) atoms. The molecule has 0 aromatic carbocycles. The lowest BCUT2D eigenvalue weighted by atomic mass is 10.7. The van der Waals surface area contributed by atoms with Crippen LogP contribution in [0.2, 0.25) is 0 Å². The van der Waals surface area contributed by atoms with Crippen molar-refractivity contribution in [2.45, 2.75) is 0 Å². The van der Waals surface area contributed by atoms with Crippen LogP contribution in [-0.4, -0.2) is 96.2 Å². The lowest BCUT2D eigenvalue weighted by Gasteiger charge is -2.09. The molecule has 0 aromatic heterocycles. The van der Waals surface area contributed by atoms with Crippen molar-refractivity contribution in [3.05, 3.63) is 0 Å². The third kappa shape index (κ3) is 22.2. The molecule has 2 atom stereocenters. The van der Waals surface area contributed by atoms with E-state index >= 15 is 0 Å². The third-order valence-electron chi connectivity index (χ3n) is 2.65. The number of hydrogen-bond donors (Lipinski definition) is 2. The Hall–Kier alpha value is 0.0600. The molecule has 2 N–H and O–H groups in total. The van der Waals surface area contributed by atoms with E-state index in [0.29, 0.717) is 52.9 Å². The van der Waals surface area contributed by atoms with Crippen molar-refractivity contribution in [2.75, 3.05) is 86.4 Å². The molecule has 0 rings (SSSR count). The summed E-state index contributed by atoms with van der Waals surface area (Å²) in [6.45, 7) is 3.55. The molecular formula is C13H30O12P2. The first-order valence-electron chi connectivity index (χ1n) is 8.25. The van der Waals surface area contributed by atoms with Gasteiger partial charge in [-0.05, 0) is 0 Å². The number of phosphoric ester groups is 1. The predicted molar refractivity (Wildman–Crippen MR) is 94.1 cm³/mol. The van der Waals surface area contributed by atoms with Gasteiger partial charge in [-0.2, -0.15) is 0 Å². The molecule has 2 unspecified atom stereocenters. The van der Waals surface area contributed by atoms with Crippen molar-refractivity contribution in [1.82, 2.24) is 0 Å². The van der Waals surface area contributed by atoms with Crippen molar-refractivity contribution in [3.63, 3.8) is 0 Å². The second kappa shape index (κ2) is 19.4. The van der Waals surface area contributed by atoms with Crippen LogP contribution >= 0.6 is 16.1 Å². The first kappa shape index (κ1) is 27.1. The van der Waals surface area contributed by atoms with Gasteiger partial charge in [0.25, 0.3) is 0 Å². The summed E-state index contributed by atoms with van der Waals surface area (Å²) in [6.07, 6.45) is 0. The molecule has 0 saturated heterocycles.